The molecule has 18 heavy (non-hydrogen) atoms. The normalized spacial score (nSPS) is 11.6. The van der Waals surface area contributed by atoms with Crippen LogP contribution >= 0.6 is 0 Å². The number of hydrogen-bond donors (Lipinski definition) is 0. The summed E-state index contributed by atoms with van der Waals surface area (Å²) in [5.74, 6) is 0. The zero-order valence-corrected chi connectivity index (χ0v) is 9.41. The monoisotopic (exact) mass is 253 g/mol. The van der Waals surface area contributed by atoms with Gasteiger partial charge in [0, 0.05) is 24.7 Å². The fourth-order valence-corrected chi connectivity index (χ4v) is 1.47. The number of nitrogens with zero attached hydrogens (tertiary/aromatic N) is 3. The number of alkyl halides is 3. The number of hydrogen-bond acceptors (Lipinski definition) is 3. The fourth-order valence-electron chi connectivity index (χ4n) is 1.47. The fraction of sp³-hybridized carbons (Fsp3) is 0.417. The van der Waals surface area contributed by atoms with Crippen molar-refractivity contribution in [1.82, 2.24) is 4.98 Å². The van der Waals surface area contributed by atoms with Gasteiger partial charge in [-0.05, 0) is 18.6 Å². The predicted octanol–water partition coefficient (Wildman–Crippen LogP) is 3.00. The molecule has 0 fully saturated rings. The highest BCUT2D eigenvalue weighted by molar-refractivity contribution is 5.20. The predicted molar refractivity (Wildman–Crippen MR) is 56.9 cm³/mol. The van der Waals surface area contributed by atoms with Crippen LogP contribution in [0.3, 0.4) is 0 Å². The number of rotatable bonds is 4. The van der Waals surface area contributed by atoms with Crippen LogP contribution in [0.4, 0.5) is 13.2 Å². The topological polar surface area (TPSA) is 60.5 Å². The number of aromatic nitrogens is 1. The van der Waals surface area contributed by atoms with Crippen LogP contribution in [-0.2, 0) is 6.42 Å². The highest BCUT2D eigenvalue weighted by atomic mass is 19.4. The SMILES string of the molecule is N#CC(C#N)(CCC(F)(F)F)Cc1ccccn1. The summed E-state index contributed by atoms with van der Waals surface area (Å²) in [4.78, 5) is 3.92. The van der Waals surface area contributed by atoms with E-state index in [0.717, 1.165) is 0 Å². The molecule has 6 heteroatoms. The molecule has 94 valence electrons. The molecule has 0 aliphatic heterocycles. The molecular formula is C12H10F3N3. The minimum absolute atomic E-state index is 0.100. The lowest BCUT2D eigenvalue weighted by molar-refractivity contribution is -0.138. The van der Waals surface area contributed by atoms with E-state index >= 15 is 0 Å². The Morgan fingerprint density at radius 3 is 2.22 bits per heavy atom. The van der Waals surface area contributed by atoms with E-state index in [1.165, 1.54) is 6.20 Å². The van der Waals surface area contributed by atoms with Gasteiger partial charge in [-0.1, -0.05) is 6.07 Å². The van der Waals surface area contributed by atoms with Gasteiger partial charge in [0.1, 0.15) is 5.41 Å². The third-order valence-electron chi connectivity index (χ3n) is 2.47. The van der Waals surface area contributed by atoms with Crippen LogP contribution in [0.5, 0.6) is 0 Å². The van der Waals surface area contributed by atoms with E-state index < -0.39 is 24.4 Å². The molecule has 0 saturated heterocycles. The Bertz CT molecular complexity index is 454. The van der Waals surface area contributed by atoms with E-state index in [-0.39, 0.29) is 6.42 Å². The quantitative estimate of drug-likeness (QED) is 0.828. The summed E-state index contributed by atoms with van der Waals surface area (Å²) < 4.78 is 36.5. The number of halogens is 3. The molecule has 1 aromatic rings. The van der Waals surface area contributed by atoms with Crippen molar-refractivity contribution in [3.8, 4) is 12.1 Å². The maximum Gasteiger partial charge on any atom is 0.389 e. The first-order valence-corrected chi connectivity index (χ1v) is 5.20. The highest BCUT2D eigenvalue weighted by Gasteiger charge is 2.37. The standard InChI is InChI=1S/C12H10F3N3/c13-12(14,15)5-4-11(8-16,9-17)7-10-3-1-2-6-18-10/h1-3,6H,4-5,7H2. The molecule has 0 aliphatic carbocycles. The van der Waals surface area contributed by atoms with Crippen LogP contribution in [0.2, 0.25) is 0 Å². The van der Waals surface area contributed by atoms with Crippen molar-refractivity contribution in [2.75, 3.05) is 0 Å². The summed E-state index contributed by atoms with van der Waals surface area (Å²) in [6.45, 7) is 0. The highest BCUT2D eigenvalue weighted by Crippen LogP contribution is 2.32. The Hall–Kier alpha value is -2.08. The summed E-state index contributed by atoms with van der Waals surface area (Å²) in [5, 5.41) is 17.9. The third kappa shape index (κ3) is 4.06. The van der Waals surface area contributed by atoms with Gasteiger partial charge in [0.05, 0.1) is 12.1 Å². The van der Waals surface area contributed by atoms with Gasteiger partial charge in [-0.3, -0.25) is 4.98 Å². The van der Waals surface area contributed by atoms with Crippen molar-refractivity contribution in [3.63, 3.8) is 0 Å². The minimum Gasteiger partial charge on any atom is -0.261 e. The van der Waals surface area contributed by atoms with E-state index in [2.05, 4.69) is 4.98 Å². The van der Waals surface area contributed by atoms with E-state index in [4.69, 9.17) is 10.5 Å². The van der Waals surface area contributed by atoms with Crippen molar-refractivity contribution in [3.05, 3.63) is 30.1 Å². The maximum absolute atomic E-state index is 12.2. The molecule has 0 saturated carbocycles. The van der Waals surface area contributed by atoms with Gasteiger partial charge >= 0.3 is 6.18 Å². The van der Waals surface area contributed by atoms with E-state index in [0.29, 0.717) is 5.69 Å². The molecule has 0 spiro atoms. The minimum atomic E-state index is -4.37. The first-order chi connectivity index (χ1) is 8.41. The lowest BCUT2D eigenvalue weighted by Crippen LogP contribution is -2.23. The van der Waals surface area contributed by atoms with E-state index in [1.54, 1.807) is 30.3 Å². The molecule has 1 heterocycles. The third-order valence-corrected chi connectivity index (χ3v) is 2.47. The largest absolute Gasteiger partial charge is 0.389 e. The Kier molecular flexibility index (Phi) is 4.28. The molecule has 0 atom stereocenters. The zero-order chi connectivity index (χ0) is 13.6. The summed E-state index contributed by atoms with van der Waals surface area (Å²) in [7, 11) is 0. The van der Waals surface area contributed by atoms with Gasteiger partial charge in [0.25, 0.3) is 0 Å². The van der Waals surface area contributed by atoms with Gasteiger partial charge in [-0.2, -0.15) is 23.7 Å². The summed E-state index contributed by atoms with van der Waals surface area (Å²) in [6, 6.07) is 8.26. The molecule has 3 nitrogen and oxygen atoms in total. The second-order valence-corrected chi connectivity index (χ2v) is 3.92. The maximum atomic E-state index is 12.2. The molecule has 0 radical (unpaired) electrons. The Morgan fingerprint density at radius 2 is 1.78 bits per heavy atom. The van der Waals surface area contributed by atoms with Crippen molar-refractivity contribution in [2.24, 2.45) is 5.41 Å². The average Bonchev–Trinajstić information content (AvgIpc) is 2.35. The smallest absolute Gasteiger partial charge is 0.261 e. The van der Waals surface area contributed by atoms with Gasteiger partial charge in [-0.15, -0.1) is 0 Å². The van der Waals surface area contributed by atoms with Gasteiger partial charge in [0.15, 0.2) is 0 Å². The Labute approximate surface area is 102 Å². The van der Waals surface area contributed by atoms with Crippen LogP contribution in [0.1, 0.15) is 18.5 Å². The summed E-state index contributed by atoms with van der Waals surface area (Å²) in [5.41, 5.74) is -1.24. The van der Waals surface area contributed by atoms with Gasteiger partial charge in [-0.25, -0.2) is 0 Å². The van der Waals surface area contributed by atoms with Crippen molar-refractivity contribution < 1.29 is 13.2 Å². The lowest BCUT2D eigenvalue weighted by Gasteiger charge is -2.18. The number of pyridine rings is 1. The van der Waals surface area contributed by atoms with Crippen molar-refractivity contribution >= 4 is 0 Å². The Balaban J connectivity index is 2.83. The number of nitriles is 2. The lowest BCUT2D eigenvalue weighted by atomic mass is 9.81. The molecule has 1 rings (SSSR count). The molecule has 0 aromatic carbocycles. The van der Waals surface area contributed by atoms with Crippen molar-refractivity contribution in [1.29, 1.82) is 10.5 Å². The average molecular weight is 253 g/mol. The van der Waals surface area contributed by atoms with Crippen LogP contribution in [0.15, 0.2) is 24.4 Å². The van der Waals surface area contributed by atoms with Gasteiger partial charge in [0.2, 0.25) is 0 Å². The molecule has 1 aromatic heterocycles. The molecule has 0 unspecified atom stereocenters. The molecule has 0 bridgehead atoms. The van der Waals surface area contributed by atoms with E-state index in [9.17, 15) is 13.2 Å². The van der Waals surface area contributed by atoms with E-state index in [1.807, 2.05) is 0 Å². The second kappa shape index (κ2) is 5.50. The molecule has 0 N–H and O–H groups in total. The first-order valence-electron chi connectivity index (χ1n) is 5.20. The summed E-state index contributed by atoms with van der Waals surface area (Å²) >= 11 is 0. The molecule has 0 amide bonds. The van der Waals surface area contributed by atoms with Crippen LogP contribution in [0.25, 0.3) is 0 Å². The van der Waals surface area contributed by atoms with Crippen LogP contribution in [-0.4, -0.2) is 11.2 Å². The first kappa shape index (κ1) is 14.0. The van der Waals surface area contributed by atoms with Gasteiger partial charge < -0.3 is 0 Å². The van der Waals surface area contributed by atoms with Crippen LogP contribution in [0, 0.1) is 28.1 Å². The van der Waals surface area contributed by atoms with Crippen LogP contribution < -0.4 is 0 Å². The summed E-state index contributed by atoms with van der Waals surface area (Å²) in [6.07, 6.45) is -4.69. The van der Waals surface area contributed by atoms with Crippen molar-refractivity contribution in [2.45, 2.75) is 25.4 Å². The second-order valence-electron chi connectivity index (χ2n) is 3.92. The molecule has 0 aliphatic rings. The molecular weight excluding hydrogens is 243 g/mol. The zero-order valence-electron chi connectivity index (χ0n) is 9.41. The Morgan fingerprint density at radius 1 is 1.11 bits per heavy atom.